The number of rotatable bonds is 6. The lowest BCUT2D eigenvalue weighted by atomic mass is 9.99. The molecular formula is C26H25N3O3. The van der Waals surface area contributed by atoms with Crippen LogP contribution in [0.2, 0.25) is 0 Å². The molecule has 0 atom stereocenters. The van der Waals surface area contributed by atoms with E-state index in [1.807, 2.05) is 63.2 Å². The van der Waals surface area contributed by atoms with Gasteiger partial charge in [0.05, 0.1) is 24.9 Å². The molecular weight excluding hydrogens is 402 g/mol. The molecule has 1 aromatic heterocycles. The first-order valence-corrected chi connectivity index (χ1v) is 10.4. The predicted octanol–water partition coefficient (Wildman–Crippen LogP) is 4.41. The lowest BCUT2D eigenvalue weighted by Crippen LogP contribution is -2.32. The van der Waals surface area contributed by atoms with Gasteiger partial charge in [0.1, 0.15) is 11.4 Å². The Kier molecular flexibility index (Phi) is 5.77. The highest BCUT2D eigenvalue weighted by molar-refractivity contribution is 6.36. The van der Waals surface area contributed by atoms with Crippen molar-refractivity contribution in [3.63, 3.8) is 0 Å². The van der Waals surface area contributed by atoms with Crippen molar-refractivity contribution in [3.8, 4) is 5.75 Å². The number of nitrogens with one attached hydrogen (secondary N) is 1. The van der Waals surface area contributed by atoms with E-state index in [9.17, 15) is 9.59 Å². The first-order valence-electron chi connectivity index (χ1n) is 10.4. The molecule has 0 saturated carbocycles. The second-order valence-electron chi connectivity index (χ2n) is 7.94. The van der Waals surface area contributed by atoms with Crippen LogP contribution in [-0.4, -0.2) is 28.8 Å². The predicted molar refractivity (Wildman–Crippen MR) is 124 cm³/mol. The molecule has 0 unspecified atom stereocenters. The second kappa shape index (κ2) is 8.67. The van der Waals surface area contributed by atoms with Gasteiger partial charge in [-0.2, -0.15) is 0 Å². The van der Waals surface area contributed by atoms with E-state index in [1.54, 1.807) is 25.6 Å². The number of amides is 2. The van der Waals surface area contributed by atoms with Crippen LogP contribution in [0, 0.1) is 20.8 Å². The molecule has 162 valence electrons. The Morgan fingerprint density at radius 1 is 0.969 bits per heavy atom. The number of carbonyl (C=O) groups is 2. The largest absolute Gasteiger partial charge is 0.495 e. The van der Waals surface area contributed by atoms with Gasteiger partial charge in [-0.15, -0.1) is 0 Å². The molecule has 1 N–H and O–H groups in total. The third kappa shape index (κ3) is 3.99. The zero-order valence-electron chi connectivity index (χ0n) is 18.6. The molecule has 0 radical (unpaired) electrons. The lowest BCUT2D eigenvalue weighted by Gasteiger charge is -2.16. The minimum absolute atomic E-state index is 0.149. The van der Waals surface area contributed by atoms with Gasteiger partial charge in [-0.3, -0.25) is 19.5 Å². The number of methoxy groups -OCH3 is 1. The van der Waals surface area contributed by atoms with Gasteiger partial charge in [0.25, 0.3) is 11.8 Å². The van der Waals surface area contributed by atoms with E-state index >= 15 is 0 Å². The van der Waals surface area contributed by atoms with Crippen LogP contribution in [0.15, 0.2) is 66.6 Å². The van der Waals surface area contributed by atoms with E-state index in [2.05, 4.69) is 10.3 Å². The van der Waals surface area contributed by atoms with Crippen molar-refractivity contribution in [1.82, 2.24) is 9.88 Å². The summed E-state index contributed by atoms with van der Waals surface area (Å²) in [5.74, 6) is -0.125. The third-order valence-corrected chi connectivity index (χ3v) is 5.64. The Labute approximate surface area is 187 Å². The number of carbonyl (C=O) groups excluding carboxylic acids is 2. The molecule has 2 heterocycles. The van der Waals surface area contributed by atoms with Gasteiger partial charge in [0.2, 0.25) is 0 Å². The summed E-state index contributed by atoms with van der Waals surface area (Å²) in [5, 5.41) is 3.21. The smallest absolute Gasteiger partial charge is 0.278 e. The maximum atomic E-state index is 13.5. The Hall–Kier alpha value is -3.93. The fourth-order valence-electron chi connectivity index (χ4n) is 3.73. The molecule has 0 saturated heterocycles. The minimum Gasteiger partial charge on any atom is -0.495 e. The highest BCUT2D eigenvalue weighted by atomic mass is 16.5. The monoisotopic (exact) mass is 427 g/mol. The summed E-state index contributed by atoms with van der Waals surface area (Å²) in [6.07, 6.45) is 3.32. The number of anilines is 1. The zero-order valence-corrected chi connectivity index (χ0v) is 18.6. The topological polar surface area (TPSA) is 71.5 Å². The maximum absolute atomic E-state index is 13.5. The molecule has 6 heteroatoms. The van der Waals surface area contributed by atoms with E-state index in [1.165, 1.54) is 4.90 Å². The van der Waals surface area contributed by atoms with Crippen molar-refractivity contribution in [2.75, 3.05) is 12.4 Å². The lowest BCUT2D eigenvalue weighted by molar-refractivity contribution is -0.137. The number of ether oxygens (including phenoxy) is 1. The Morgan fingerprint density at radius 3 is 2.47 bits per heavy atom. The molecule has 6 nitrogen and oxygen atoms in total. The molecule has 2 amide bonds. The summed E-state index contributed by atoms with van der Waals surface area (Å²) in [6, 6.07) is 15.1. The number of hydrogen-bond acceptors (Lipinski definition) is 5. The fraction of sp³-hybridized carbons (Fsp3) is 0.192. The number of benzene rings is 2. The number of hydrogen-bond donors (Lipinski definition) is 1. The van der Waals surface area contributed by atoms with E-state index in [-0.39, 0.29) is 24.1 Å². The second-order valence-corrected chi connectivity index (χ2v) is 7.94. The Morgan fingerprint density at radius 2 is 1.78 bits per heavy atom. The van der Waals surface area contributed by atoms with Crippen molar-refractivity contribution in [2.45, 2.75) is 27.3 Å². The average Bonchev–Trinajstić information content (AvgIpc) is 3.01. The first-order chi connectivity index (χ1) is 15.4. The molecule has 2 aromatic carbocycles. The van der Waals surface area contributed by atoms with Crippen molar-refractivity contribution in [3.05, 3.63) is 94.4 Å². The van der Waals surface area contributed by atoms with Gasteiger partial charge >= 0.3 is 0 Å². The molecule has 32 heavy (non-hydrogen) atoms. The van der Waals surface area contributed by atoms with Crippen molar-refractivity contribution >= 4 is 23.1 Å². The molecule has 1 aliphatic rings. The third-order valence-electron chi connectivity index (χ3n) is 5.64. The molecule has 4 rings (SSSR count). The molecule has 1 aliphatic heterocycles. The number of aromatic nitrogens is 1. The van der Waals surface area contributed by atoms with Crippen molar-refractivity contribution in [1.29, 1.82) is 0 Å². The summed E-state index contributed by atoms with van der Waals surface area (Å²) in [6.45, 7) is 6.11. The molecule has 0 bridgehead atoms. The van der Waals surface area contributed by atoms with Crippen LogP contribution in [-0.2, 0) is 16.1 Å². The normalized spacial score (nSPS) is 13.7. The summed E-state index contributed by atoms with van der Waals surface area (Å²) < 4.78 is 5.47. The van der Waals surface area contributed by atoms with Crippen LogP contribution in [0.3, 0.4) is 0 Å². The van der Waals surface area contributed by atoms with Crippen LogP contribution in [0.25, 0.3) is 5.57 Å². The van der Waals surface area contributed by atoms with Crippen molar-refractivity contribution < 1.29 is 14.3 Å². The fourth-order valence-corrected chi connectivity index (χ4v) is 3.73. The highest BCUT2D eigenvalue weighted by Gasteiger charge is 2.39. The van der Waals surface area contributed by atoms with Gasteiger partial charge in [-0.1, -0.05) is 30.3 Å². The van der Waals surface area contributed by atoms with Crippen LogP contribution < -0.4 is 10.1 Å². The highest BCUT2D eigenvalue weighted by Crippen LogP contribution is 2.35. The average molecular weight is 428 g/mol. The summed E-state index contributed by atoms with van der Waals surface area (Å²) in [7, 11) is 1.57. The van der Waals surface area contributed by atoms with Crippen LogP contribution >= 0.6 is 0 Å². The van der Waals surface area contributed by atoms with Crippen molar-refractivity contribution in [2.24, 2.45) is 0 Å². The Balaban J connectivity index is 1.81. The van der Waals surface area contributed by atoms with E-state index < -0.39 is 0 Å². The van der Waals surface area contributed by atoms with Gasteiger partial charge < -0.3 is 10.1 Å². The van der Waals surface area contributed by atoms with E-state index in [0.29, 0.717) is 22.6 Å². The SMILES string of the molecule is COc1ccc(C)cc1NC1=C(c2ccc(C)c(C)c2)C(=O)N(Cc2cccnc2)C1=O. The molecule has 3 aromatic rings. The van der Waals surface area contributed by atoms with Gasteiger partial charge in [0.15, 0.2) is 0 Å². The van der Waals surface area contributed by atoms with Gasteiger partial charge in [0, 0.05) is 12.4 Å². The minimum atomic E-state index is -0.379. The molecule has 0 fully saturated rings. The van der Waals surface area contributed by atoms with Crippen LogP contribution in [0.1, 0.15) is 27.8 Å². The quantitative estimate of drug-likeness (QED) is 0.590. The summed E-state index contributed by atoms with van der Waals surface area (Å²) >= 11 is 0. The van der Waals surface area contributed by atoms with Crippen LogP contribution in [0.4, 0.5) is 5.69 Å². The summed E-state index contributed by atoms with van der Waals surface area (Å²) in [5.41, 5.74) is 5.88. The standard InChI is InChI=1S/C26H25N3O3/c1-16-7-10-22(32-4)21(12-16)28-24-23(20-9-8-17(2)18(3)13-20)25(30)29(26(24)31)15-19-6-5-11-27-14-19/h5-14,28H,15H2,1-4H3. The van der Waals surface area contributed by atoms with E-state index in [0.717, 1.165) is 22.3 Å². The number of aryl methyl sites for hydroxylation is 3. The molecule has 0 aliphatic carbocycles. The maximum Gasteiger partial charge on any atom is 0.278 e. The Bertz CT molecular complexity index is 1230. The van der Waals surface area contributed by atoms with Gasteiger partial charge in [-0.05, 0) is 66.8 Å². The number of imide groups is 1. The number of pyridine rings is 1. The van der Waals surface area contributed by atoms with Gasteiger partial charge in [-0.25, -0.2) is 0 Å². The zero-order chi connectivity index (χ0) is 22.8. The van der Waals surface area contributed by atoms with E-state index in [4.69, 9.17) is 4.74 Å². The molecule has 0 spiro atoms. The summed E-state index contributed by atoms with van der Waals surface area (Å²) in [4.78, 5) is 32.3. The first kappa shape index (κ1) is 21.3. The number of nitrogens with zero attached hydrogens (tertiary/aromatic N) is 2. The van der Waals surface area contributed by atoms with Crippen LogP contribution in [0.5, 0.6) is 5.75 Å².